The molecule has 0 amide bonds. The van der Waals surface area contributed by atoms with E-state index in [-0.39, 0.29) is 0 Å². The molecule has 2 aromatic rings. The zero-order chi connectivity index (χ0) is 17.9. The monoisotopic (exact) mass is 390 g/mol. The maximum absolute atomic E-state index is 6.17. The summed E-state index contributed by atoms with van der Waals surface area (Å²) in [6.07, 6.45) is 4.39. The highest BCUT2D eigenvalue weighted by Crippen LogP contribution is 2.30. The highest BCUT2D eigenvalue weighted by molar-refractivity contribution is 6.34. The van der Waals surface area contributed by atoms with Gasteiger partial charge in [-0.3, -0.25) is 0 Å². The standard InChI is InChI=1S/C21H24Cl2N2O/c22-17-10-15(11-18(23)13-17)12-19-3-1-2-16-4-5-20(14-21(16)24-19)25-6-8-26-9-7-25/h4-5,10-11,13-14,19,24H,1-3,6-9,12H2. The van der Waals surface area contributed by atoms with Gasteiger partial charge in [-0.1, -0.05) is 29.3 Å². The molecule has 0 aromatic heterocycles. The van der Waals surface area contributed by atoms with Crippen LogP contribution in [0, 0.1) is 0 Å². The van der Waals surface area contributed by atoms with Crippen LogP contribution in [-0.2, 0) is 17.6 Å². The number of benzene rings is 2. The van der Waals surface area contributed by atoms with Crippen LogP contribution in [0.3, 0.4) is 0 Å². The van der Waals surface area contributed by atoms with Gasteiger partial charge in [0.2, 0.25) is 0 Å². The summed E-state index contributed by atoms with van der Waals surface area (Å²) in [7, 11) is 0. The summed E-state index contributed by atoms with van der Waals surface area (Å²) in [6.45, 7) is 3.54. The van der Waals surface area contributed by atoms with Gasteiger partial charge in [-0.2, -0.15) is 0 Å². The number of morpholine rings is 1. The van der Waals surface area contributed by atoms with Crippen LogP contribution in [0.5, 0.6) is 0 Å². The van der Waals surface area contributed by atoms with Crippen LogP contribution in [0.2, 0.25) is 10.0 Å². The third kappa shape index (κ3) is 4.28. The number of hydrogen-bond donors (Lipinski definition) is 1. The van der Waals surface area contributed by atoms with E-state index in [1.165, 1.54) is 28.9 Å². The lowest BCUT2D eigenvalue weighted by atomic mass is 10.0. The van der Waals surface area contributed by atoms with E-state index in [1.54, 1.807) is 6.07 Å². The topological polar surface area (TPSA) is 24.5 Å². The van der Waals surface area contributed by atoms with Gasteiger partial charge in [0.1, 0.15) is 0 Å². The molecule has 0 spiro atoms. The Morgan fingerprint density at radius 3 is 2.58 bits per heavy atom. The van der Waals surface area contributed by atoms with Crippen LogP contribution >= 0.6 is 23.2 Å². The smallest absolute Gasteiger partial charge is 0.0642 e. The second-order valence-electron chi connectivity index (χ2n) is 7.16. The third-order valence-corrected chi connectivity index (χ3v) is 5.67. The van der Waals surface area contributed by atoms with Gasteiger partial charge in [-0.15, -0.1) is 0 Å². The van der Waals surface area contributed by atoms with E-state index < -0.39 is 0 Å². The van der Waals surface area contributed by atoms with Gasteiger partial charge in [-0.05, 0) is 67.1 Å². The molecule has 4 rings (SSSR count). The largest absolute Gasteiger partial charge is 0.382 e. The molecule has 1 fully saturated rings. The van der Waals surface area contributed by atoms with Crippen LogP contribution in [-0.4, -0.2) is 32.3 Å². The highest BCUT2D eigenvalue weighted by atomic mass is 35.5. The lowest BCUT2D eigenvalue weighted by Crippen LogP contribution is -2.36. The van der Waals surface area contributed by atoms with Gasteiger partial charge in [0, 0.05) is 40.6 Å². The first kappa shape index (κ1) is 18.0. The maximum atomic E-state index is 6.17. The first-order chi connectivity index (χ1) is 12.7. The fourth-order valence-electron chi connectivity index (χ4n) is 3.93. The summed E-state index contributed by atoms with van der Waals surface area (Å²) in [5.41, 5.74) is 5.15. The molecule has 1 atom stereocenters. The Kier molecular flexibility index (Phi) is 5.58. The molecular weight excluding hydrogens is 367 g/mol. The number of ether oxygens (including phenoxy) is 1. The summed E-state index contributed by atoms with van der Waals surface area (Å²) in [4.78, 5) is 2.40. The van der Waals surface area contributed by atoms with Crippen LogP contribution in [0.15, 0.2) is 36.4 Å². The molecule has 3 nitrogen and oxygen atoms in total. The highest BCUT2D eigenvalue weighted by Gasteiger charge is 2.19. The van der Waals surface area contributed by atoms with Crippen molar-refractivity contribution in [2.75, 3.05) is 36.5 Å². The molecule has 2 aromatic carbocycles. The summed E-state index contributed by atoms with van der Waals surface area (Å²) in [5, 5.41) is 5.19. The predicted octanol–water partition coefficient (Wildman–Crippen LogP) is 5.19. The van der Waals surface area contributed by atoms with Crippen molar-refractivity contribution < 1.29 is 4.74 Å². The maximum Gasteiger partial charge on any atom is 0.0642 e. The minimum Gasteiger partial charge on any atom is -0.382 e. The minimum absolute atomic E-state index is 0.394. The summed E-state index contributed by atoms with van der Waals surface area (Å²) in [6, 6.07) is 13.1. The van der Waals surface area contributed by atoms with Crippen molar-refractivity contribution in [2.45, 2.75) is 31.7 Å². The molecule has 138 valence electrons. The van der Waals surface area contributed by atoms with Crippen LogP contribution in [0.25, 0.3) is 0 Å². The van der Waals surface area contributed by atoms with Gasteiger partial charge >= 0.3 is 0 Å². The Morgan fingerprint density at radius 1 is 1.04 bits per heavy atom. The molecule has 0 bridgehead atoms. The molecule has 1 saturated heterocycles. The number of anilines is 2. The Bertz CT molecular complexity index is 754. The molecule has 2 aliphatic rings. The number of halogens is 2. The van der Waals surface area contributed by atoms with E-state index in [4.69, 9.17) is 27.9 Å². The zero-order valence-electron chi connectivity index (χ0n) is 14.8. The first-order valence-corrected chi connectivity index (χ1v) is 10.1. The zero-order valence-corrected chi connectivity index (χ0v) is 16.3. The van der Waals surface area contributed by atoms with Crippen LogP contribution in [0.4, 0.5) is 11.4 Å². The first-order valence-electron chi connectivity index (χ1n) is 9.34. The van der Waals surface area contributed by atoms with E-state index in [9.17, 15) is 0 Å². The van der Waals surface area contributed by atoms with Crippen molar-refractivity contribution >= 4 is 34.6 Å². The quantitative estimate of drug-likeness (QED) is 0.780. The van der Waals surface area contributed by atoms with Crippen molar-refractivity contribution in [3.8, 4) is 0 Å². The summed E-state index contributed by atoms with van der Waals surface area (Å²) in [5.74, 6) is 0. The third-order valence-electron chi connectivity index (χ3n) is 5.23. The van der Waals surface area contributed by atoms with Crippen LogP contribution in [0.1, 0.15) is 24.0 Å². The van der Waals surface area contributed by atoms with Crippen molar-refractivity contribution in [1.29, 1.82) is 0 Å². The molecule has 2 heterocycles. The van der Waals surface area contributed by atoms with Crippen molar-refractivity contribution in [3.63, 3.8) is 0 Å². The number of aryl methyl sites for hydroxylation is 1. The van der Waals surface area contributed by atoms with E-state index >= 15 is 0 Å². The van der Waals surface area contributed by atoms with Crippen LogP contribution < -0.4 is 10.2 Å². The van der Waals surface area contributed by atoms with Gasteiger partial charge in [0.15, 0.2) is 0 Å². The summed E-state index contributed by atoms with van der Waals surface area (Å²) >= 11 is 12.3. The average molecular weight is 391 g/mol. The number of nitrogens with one attached hydrogen (secondary N) is 1. The molecule has 0 saturated carbocycles. The number of hydrogen-bond acceptors (Lipinski definition) is 3. The van der Waals surface area contributed by atoms with E-state index in [0.717, 1.165) is 45.6 Å². The van der Waals surface area contributed by atoms with Crippen molar-refractivity contribution in [3.05, 3.63) is 57.6 Å². The Balaban J connectivity index is 1.52. The molecule has 1 N–H and O–H groups in total. The molecule has 5 heteroatoms. The molecule has 0 radical (unpaired) electrons. The Morgan fingerprint density at radius 2 is 1.81 bits per heavy atom. The fourth-order valence-corrected chi connectivity index (χ4v) is 4.50. The van der Waals surface area contributed by atoms with Gasteiger partial charge in [0.05, 0.1) is 13.2 Å². The molecule has 26 heavy (non-hydrogen) atoms. The fraction of sp³-hybridized carbons (Fsp3) is 0.429. The van der Waals surface area contributed by atoms with E-state index in [0.29, 0.717) is 16.1 Å². The van der Waals surface area contributed by atoms with Gasteiger partial charge in [0.25, 0.3) is 0 Å². The van der Waals surface area contributed by atoms with E-state index in [2.05, 4.69) is 28.4 Å². The molecule has 2 aliphatic heterocycles. The second-order valence-corrected chi connectivity index (χ2v) is 8.03. The van der Waals surface area contributed by atoms with Crippen molar-refractivity contribution in [2.24, 2.45) is 0 Å². The Labute approximate surface area is 165 Å². The lowest BCUT2D eigenvalue weighted by Gasteiger charge is -2.30. The van der Waals surface area contributed by atoms with Gasteiger partial charge in [-0.25, -0.2) is 0 Å². The average Bonchev–Trinajstić information content (AvgIpc) is 2.82. The predicted molar refractivity (Wildman–Crippen MR) is 110 cm³/mol. The lowest BCUT2D eigenvalue weighted by molar-refractivity contribution is 0.122. The second kappa shape index (κ2) is 8.08. The normalized spacial score (nSPS) is 20.2. The SMILES string of the molecule is Clc1cc(Cl)cc(CC2CCCc3ccc(N4CCOCC4)cc3N2)c1. The summed E-state index contributed by atoms with van der Waals surface area (Å²) < 4.78 is 5.48. The molecule has 1 unspecified atom stereocenters. The van der Waals surface area contributed by atoms with Crippen molar-refractivity contribution in [1.82, 2.24) is 0 Å². The minimum atomic E-state index is 0.394. The number of rotatable bonds is 3. The molecular formula is C21H24Cl2N2O. The number of fused-ring (bicyclic) bond motifs is 1. The molecule has 0 aliphatic carbocycles. The number of nitrogens with zero attached hydrogens (tertiary/aromatic N) is 1. The van der Waals surface area contributed by atoms with E-state index in [1.807, 2.05) is 12.1 Å². The van der Waals surface area contributed by atoms with Gasteiger partial charge < -0.3 is 15.0 Å². The Hall–Kier alpha value is -1.42.